The number of ether oxygens (including phenoxy) is 1. The van der Waals surface area contributed by atoms with E-state index in [0.29, 0.717) is 0 Å². The van der Waals surface area contributed by atoms with E-state index < -0.39 is 23.8 Å². The van der Waals surface area contributed by atoms with Crippen LogP contribution in [0.4, 0.5) is 5.82 Å². The van der Waals surface area contributed by atoms with Crippen molar-refractivity contribution < 1.29 is 14.6 Å². The third kappa shape index (κ3) is 3.72. The van der Waals surface area contributed by atoms with Gasteiger partial charge in [0.15, 0.2) is 0 Å². The van der Waals surface area contributed by atoms with Crippen molar-refractivity contribution in [2.45, 2.75) is 0 Å². The van der Waals surface area contributed by atoms with Gasteiger partial charge in [-0.1, -0.05) is 0 Å². The van der Waals surface area contributed by atoms with Crippen LogP contribution < -0.4 is 16.1 Å². The molecule has 0 spiro atoms. The van der Waals surface area contributed by atoms with Crippen LogP contribution in [0.15, 0.2) is 9.59 Å². The number of rotatable bonds is 6. The predicted octanol–water partition coefficient (Wildman–Crippen LogP) is -2.00. The lowest BCUT2D eigenvalue weighted by Crippen LogP contribution is -2.39. The average Bonchev–Trinajstić information content (AvgIpc) is 2.24. The molecule has 1 aromatic rings. The molecule has 1 heterocycles. The van der Waals surface area contributed by atoms with Crippen LogP contribution in [0.5, 0.6) is 0 Å². The molecule has 0 aliphatic rings. The van der Waals surface area contributed by atoms with Gasteiger partial charge in [0, 0.05) is 13.7 Å². The summed E-state index contributed by atoms with van der Waals surface area (Å²) < 4.78 is 4.79. The van der Waals surface area contributed by atoms with E-state index in [9.17, 15) is 14.4 Å². The van der Waals surface area contributed by atoms with E-state index in [1.165, 1.54) is 12.0 Å². The third-order valence-corrected chi connectivity index (χ3v) is 1.88. The highest BCUT2D eigenvalue weighted by atomic mass is 16.5. The van der Waals surface area contributed by atoms with Gasteiger partial charge < -0.3 is 14.7 Å². The zero-order chi connectivity index (χ0) is 12.8. The molecule has 0 unspecified atom stereocenters. The number of nitrogens with zero attached hydrogens (tertiary/aromatic N) is 2. The molecule has 1 aromatic heterocycles. The molecule has 0 saturated heterocycles. The summed E-state index contributed by atoms with van der Waals surface area (Å²) in [5.41, 5.74) is -1.49. The number of hydrogen-bond acceptors (Lipinski definition) is 6. The number of aromatic nitrogens is 3. The number of hydrogen-bond donors (Lipinski definition) is 3. The maximum atomic E-state index is 11.4. The van der Waals surface area contributed by atoms with Crippen molar-refractivity contribution in [2.75, 3.05) is 31.7 Å². The number of carbonyl (C=O) groups is 1. The van der Waals surface area contributed by atoms with Crippen molar-refractivity contribution >= 4 is 11.8 Å². The third-order valence-electron chi connectivity index (χ3n) is 1.88. The van der Waals surface area contributed by atoms with E-state index in [-0.39, 0.29) is 19.0 Å². The largest absolute Gasteiger partial charge is 0.480 e. The fourth-order valence-electron chi connectivity index (χ4n) is 1.18. The first kappa shape index (κ1) is 12.9. The minimum Gasteiger partial charge on any atom is -0.480 e. The van der Waals surface area contributed by atoms with Crippen molar-refractivity contribution in [1.29, 1.82) is 0 Å². The van der Waals surface area contributed by atoms with Crippen LogP contribution in [-0.2, 0) is 9.53 Å². The molecule has 1 rings (SSSR count). The standard InChI is InChI=1S/C8H12N4O5/c1-17-3-2-12(4-5(13)14)6-7(15)9-8(16)11-10-6/h2-4H2,1H3,(H,13,14)(H2,9,11,15,16). The molecule has 9 nitrogen and oxygen atoms in total. The lowest BCUT2D eigenvalue weighted by Gasteiger charge is -2.19. The lowest BCUT2D eigenvalue weighted by atomic mass is 10.4. The lowest BCUT2D eigenvalue weighted by molar-refractivity contribution is -0.135. The Morgan fingerprint density at radius 1 is 1.53 bits per heavy atom. The van der Waals surface area contributed by atoms with Crippen LogP contribution in [-0.4, -0.2) is 53.1 Å². The Balaban J connectivity index is 2.98. The van der Waals surface area contributed by atoms with Gasteiger partial charge in [-0.3, -0.25) is 14.6 Å². The predicted molar refractivity (Wildman–Crippen MR) is 57.2 cm³/mol. The minimum absolute atomic E-state index is 0.163. The highest BCUT2D eigenvalue weighted by molar-refractivity contribution is 5.72. The van der Waals surface area contributed by atoms with Crippen LogP contribution in [0.2, 0.25) is 0 Å². The van der Waals surface area contributed by atoms with E-state index in [2.05, 4.69) is 5.10 Å². The van der Waals surface area contributed by atoms with Gasteiger partial charge in [-0.15, -0.1) is 5.10 Å². The molecule has 0 aliphatic carbocycles. The van der Waals surface area contributed by atoms with Crippen molar-refractivity contribution in [3.63, 3.8) is 0 Å². The normalized spacial score (nSPS) is 10.2. The Morgan fingerprint density at radius 3 is 2.76 bits per heavy atom. The fourth-order valence-corrected chi connectivity index (χ4v) is 1.18. The van der Waals surface area contributed by atoms with Gasteiger partial charge >= 0.3 is 11.7 Å². The number of carboxylic acid groups (broad SMARTS) is 1. The Labute approximate surface area is 95.0 Å². The first-order valence-corrected chi connectivity index (χ1v) is 4.69. The second-order valence-corrected chi connectivity index (χ2v) is 3.14. The Hall–Kier alpha value is -2.16. The van der Waals surface area contributed by atoms with Gasteiger partial charge in [0.1, 0.15) is 6.54 Å². The maximum Gasteiger partial charge on any atom is 0.342 e. The zero-order valence-corrected chi connectivity index (χ0v) is 9.10. The Bertz CT molecular complexity index is 493. The van der Waals surface area contributed by atoms with E-state index in [1.807, 2.05) is 10.1 Å². The molecule has 3 N–H and O–H groups in total. The Morgan fingerprint density at radius 2 is 2.24 bits per heavy atom. The topological polar surface area (TPSA) is 128 Å². The molecular formula is C8H12N4O5. The first-order chi connectivity index (χ1) is 8.04. The molecule has 0 bridgehead atoms. The number of H-pyrrole nitrogens is 2. The summed E-state index contributed by atoms with van der Waals surface area (Å²) in [6.07, 6.45) is 0. The van der Waals surface area contributed by atoms with Crippen molar-refractivity contribution in [3.05, 3.63) is 20.8 Å². The number of aliphatic carboxylic acids is 1. The molecule has 0 amide bonds. The number of aromatic amines is 2. The van der Waals surface area contributed by atoms with Gasteiger partial charge in [-0.2, -0.15) is 0 Å². The van der Waals surface area contributed by atoms with Gasteiger partial charge in [0.2, 0.25) is 5.82 Å². The summed E-state index contributed by atoms with van der Waals surface area (Å²) in [5, 5.41) is 14.2. The molecule has 0 aliphatic heterocycles. The van der Waals surface area contributed by atoms with Crippen LogP contribution >= 0.6 is 0 Å². The molecule has 0 fully saturated rings. The van der Waals surface area contributed by atoms with Gasteiger partial charge in [-0.05, 0) is 0 Å². The van der Waals surface area contributed by atoms with Crippen molar-refractivity contribution in [2.24, 2.45) is 0 Å². The molecular weight excluding hydrogens is 232 g/mol. The highest BCUT2D eigenvalue weighted by Gasteiger charge is 2.15. The molecule has 9 heteroatoms. The van der Waals surface area contributed by atoms with E-state index in [0.717, 1.165) is 0 Å². The number of anilines is 1. The smallest absolute Gasteiger partial charge is 0.342 e. The highest BCUT2D eigenvalue weighted by Crippen LogP contribution is 1.99. The quantitative estimate of drug-likeness (QED) is 0.527. The molecule has 0 atom stereocenters. The first-order valence-electron chi connectivity index (χ1n) is 4.69. The van der Waals surface area contributed by atoms with Crippen LogP contribution in [0.1, 0.15) is 0 Å². The summed E-state index contributed by atoms with van der Waals surface area (Å²) in [4.78, 5) is 36.0. The van der Waals surface area contributed by atoms with Crippen LogP contribution in [0.25, 0.3) is 0 Å². The summed E-state index contributed by atoms with van der Waals surface area (Å²) in [7, 11) is 1.45. The summed E-state index contributed by atoms with van der Waals surface area (Å²) in [6, 6.07) is 0. The van der Waals surface area contributed by atoms with Crippen LogP contribution in [0, 0.1) is 0 Å². The summed E-state index contributed by atoms with van der Waals surface area (Å²) in [6.45, 7) is -0.00999. The van der Waals surface area contributed by atoms with Crippen molar-refractivity contribution in [3.8, 4) is 0 Å². The second-order valence-electron chi connectivity index (χ2n) is 3.14. The van der Waals surface area contributed by atoms with Gasteiger partial charge in [0.05, 0.1) is 6.61 Å². The van der Waals surface area contributed by atoms with Crippen LogP contribution in [0.3, 0.4) is 0 Å². The molecule has 0 aromatic carbocycles. The Kier molecular flexibility index (Phi) is 4.40. The number of carboxylic acids is 1. The molecule has 94 valence electrons. The minimum atomic E-state index is -1.12. The number of methoxy groups -OCH3 is 1. The van der Waals surface area contributed by atoms with Crippen molar-refractivity contribution in [1.82, 2.24) is 15.2 Å². The SMILES string of the molecule is COCCN(CC(=O)O)c1n[nH]c(=O)[nH]c1=O. The summed E-state index contributed by atoms with van der Waals surface area (Å²) >= 11 is 0. The monoisotopic (exact) mass is 244 g/mol. The second kappa shape index (κ2) is 5.80. The molecule has 17 heavy (non-hydrogen) atoms. The van der Waals surface area contributed by atoms with E-state index >= 15 is 0 Å². The molecule has 0 radical (unpaired) electrons. The number of nitrogens with one attached hydrogen (secondary N) is 2. The maximum absolute atomic E-state index is 11.4. The average molecular weight is 244 g/mol. The molecule has 0 saturated carbocycles. The summed E-state index contributed by atoms with van der Waals surface area (Å²) in [5.74, 6) is -1.28. The van der Waals surface area contributed by atoms with E-state index in [1.54, 1.807) is 0 Å². The van der Waals surface area contributed by atoms with Gasteiger partial charge in [0.25, 0.3) is 5.56 Å². The zero-order valence-electron chi connectivity index (χ0n) is 9.10. The van der Waals surface area contributed by atoms with Gasteiger partial charge in [-0.25, -0.2) is 9.89 Å². The van der Waals surface area contributed by atoms with E-state index in [4.69, 9.17) is 9.84 Å². The fraction of sp³-hybridized carbons (Fsp3) is 0.500.